The van der Waals surface area contributed by atoms with Gasteiger partial charge in [-0.2, -0.15) is 0 Å². The minimum absolute atomic E-state index is 1.24. The molecule has 12 heavy (non-hydrogen) atoms. The molecule has 0 aromatic rings. The summed E-state index contributed by atoms with van der Waals surface area (Å²) in [4.78, 5) is 10.8. The molecule has 0 fully saturated rings. The fraction of sp³-hybridized carbons (Fsp3) is 0.875. The van der Waals surface area contributed by atoms with Crippen molar-refractivity contribution < 1.29 is 15.0 Å². The van der Waals surface area contributed by atoms with Crippen LogP contribution in [-0.2, 0) is 0 Å². The van der Waals surface area contributed by atoms with Gasteiger partial charge in [0.05, 0.1) is 0 Å². The van der Waals surface area contributed by atoms with Gasteiger partial charge >= 0.3 is 6.16 Å². The van der Waals surface area contributed by atoms with Gasteiger partial charge in [-0.15, -0.1) is 0 Å². The van der Waals surface area contributed by atoms with Crippen LogP contribution >= 0.6 is 0 Å². The zero-order valence-corrected chi connectivity index (χ0v) is 8.08. The number of hydrogen-bond donors (Lipinski definition) is 2. The largest absolute Gasteiger partial charge is 0.503 e. The van der Waals surface area contributed by atoms with Crippen LogP contribution in [0.25, 0.3) is 0 Å². The molecule has 0 aromatic heterocycles. The van der Waals surface area contributed by atoms with Crippen LogP contribution in [-0.4, -0.2) is 41.9 Å². The highest BCUT2D eigenvalue weighted by atomic mass is 16.6. The van der Waals surface area contributed by atoms with Crippen molar-refractivity contribution in [1.82, 2.24) is 4.90 Å². The average molecular weight is 177 g/mol. The summed E-state index contributed by atoms with van der Waals surface area (Å²) in [5, 5.41) is 13.9. The summed E-state index contributed by atoms with van der Waals surface area (Å²) in [6.45, 7) is 3.48. The van der Waals surface area contributed by atoms with E-state index >= 15 is 0 Å². The van der Waals surface area contributed by atoms with E-state index in [0.29, 0.717) is 0 Å². The van der Waals surface area contributed by atoms with Gasteiger partial charge in [0.15, 0.2) is 0 Å². The molecule has 0 radical (unpaired) electrons. The summed E-state index contributed by atoms with van der Waals surface area (Å²) in [5.41, 5.74) is 0. The van der Waals surface area contributed by atoms with Gasteiger partial charge in [-0.1, -0.05) is 19.8 Å². The first-order chi connectivity index (χ1) is 5.50. The lowest BCUT2D eigenvalue weighted by Gasteiger charge is -2.06. The van der Waals surface area contributed by atoms with E-state index in [2.05, 4.69) is 25.9 Å². The molecule has 74 valence electrons. The van der Waals surface area contributed by atoms with Gasteiger partial charge in [0.2, 0.25) is 0 Å². The standard InChI is InChI=1S/C7H17N.CH2O3/c1-4-5-6-7-8(2)3;2-1(3)4/h4-7H2,1-3H3;(H2,2,3,4). The third-order valence-electron chi connectivity index (χ3n) is 1.21. The van der Waals surface area contributed by atoms with E-state index < -0.39 is 6.16 Å². The number of rotatable bonds is 4. The number of unbranched alkanes of at least 4 members (excludes halogenated alkanes) is 2. The van der Waals surface area contributed by atoms with Gasteiger partial charge in [0.25, 0.3) is 0 Å². The third kappa shape index (κ3) is 34.9. The lowest BCUT2D eigenvalue weighted by molar-refractivity contribution is 0.137. The predicted octanol–water partition coefficient (Wildman–Crippen LogP) is 1.96. The SMILES string of the molecule is CCCCCN(C)C.O=C(O)O. The van der Waals surface area contributed by atoms with Crippen molar-refractivity contribution in [2.75, 3.05) is 20.6 Å². The summed E-state index contributed by atoms with van der Waals surface area (Å²) in [6.07, 6.45) is 2.22. The molecule has 0 aliphatic rings. The summed E-state index contributed by atoms with van der Waals surface area (Å²) < 4.78 is 0. The van der Waals surface area contributed by atoms with Gasteiger partial charge in [-0.25, -0.2) is 4.79 Å². The fourth-order valence-electron chi connectivity index (χ4n) is 0.678. The van der Waals surface area contributed by atoms with Crippen LogP contribution in [0.3, 0.4) is 0 Å². The molecule has 0 bridgehead atoms. The second-order valence-corrected chi connectivity index (χ2v) is 2.79. The molecule has 0 aromatic carbocycles. The van der Waals surface area contributed by atoms with Crippen molar-refractivity contribution in [3.8, 4) is 0 Å². The van der Waals surface area contributed by atoms with Crippen molar-refractivity contribution in [3.05, 3.63) is 0 Å². The molecule has 4 nitrogen and oxygen atoms in total. The fourth-order valence-corrected chi connectivity index (χ4v) is 0.678. The van der Waals surface area contributed by atoms with Crippen LogP contribution in [0.2, 0.25) is 0 Å². The van der Waals surface area contributed by atoms with E-state index in [1.54, 1.807) is 0 Å². The van der Waals surface area contributed by atoms with Crippen LogP contribution in [0.4, 0.5) is 4.79 Å². The highest BCUT2D eigenvalue weighted by Gasteiger charge is 1.86. The molecule has 0 saturated heterocycles. The lowest BCUT2D eigenvalue weighted by Crippen LogP contribution is -2.12. The molecule has 0 saturated carbocycles. The number of nitrogens with zero attached hydrogens (tertiary/aromatic N) is 1. The normalized spacial score (nSPS) is 9.00. The molecule has 0 rings (SSSR count). The zero-order valence-electron chi connectivity index (χ0n) is 8.08. The number of hydrogen-bond acceptors (Lipinski definition) is 2. The smallest absolute Gasteiger partial charge is 0.450 e. The maximum atomic E-state index is 8.56. The van der Waals surface area contributed by atoms with E-state index in [1.807, 2.05) is 0 Å². The Labute approximate surface area is 73.8 Å². The summed E-state index contributed by atoms with van der Waals surface area (Å²) in [7, 11) is 4.24. The van der Waals surface area contributed by atoms with E-state index in [4.69, 9.17) is 15.0 Å². The molecule has 0 aliphatic heterocycles. The first-order valence-electron chi connectivity index (χ1n) is 4.07. The Morgan fingerprint density at radius 1 is 1.25 bits per heavy atom. The topological polar surface area (TPSA) is 60.8 Å². The number of carboxylic acid groups (broad SMARTS) is 2. The van der Waals surface area contributed by atoms with Gasteiger partial charge in [0.1, 0.15) is 0 Å². The van der Waals surface area contributed by atoms with Crippen LogP contribution in [0.15, 0.2) is 0 Å². The Kier molecular flexibility index (Phi) is 11.8. The van der Waals surface area contributed by atoms with Crippen molar-refractivity contribution in [2.24, 2.45) is 0 Å². The molecule has 4 heteroatoms. The molecule has 0 aliphatic carbocycles. The van der Waals surface area contributed by atoms with Crippen LogP contribution in [0, 0.1) is 0 Å². The second kappa shape index (κ2) is 10.2. The maximum Gasteiger partial charge on any atom is 0.503 e. The van der Waals surface area contributed by atoms with E-state index in [0.717, 1.165) is 0 Å². The van der Waals surface area contributed by atoms with Crippen molar-refractivity contribution >= 4 is 6.16 Å². The molecular formula is C8H19NO3. The van der Waals surface area contributed by atoms with E-state index in [9.17, 15) is 0 Å². The Balaban J connectivity index is 0. The van der Waals surface area contributed by atoms with Crippen LogP contribution < -0.4 is 0 Å². The minimum Gasteiger partial charge on any atom is -0.450 e. The van der Waals surface area contributed by atoms with Gasteiger partial charge in [-0.3, -0.25) is 0 Å². The Morgan fingerprint density at radius 3 is 1.92 bits per heavy atom. The first-order valence-corrected chi connectivity index (χ1v) is 4.07. The molecule has 0 heterocycles. The van der Waals surface area contributed by atoms with Crippen LogP contribution in [0.5, 0.6) is 0 Å². The number of carbonyl (C=O) groups is 1. The van der Waals surface area contributed by atoms with E-state index in [-0.39, 0.29) is 0 Å². The Hall–Kier alpha value is -0.770. The Bertz CT molecular complexity index is 100. The Morgan fingerprint density at radius 2 is 1.67 bits per heavy atom. The molecule has 2 N–H and O–H groups in total. The molecule has 0 atom stereocenters. The minimum atomic E-state index is -1.83. The maximum absolute atomic E-state index is 8.56. The van der Waals surface area contributed by atoms with Crippen molar-refractivity contribution in [1.29, 1.82) is 0 Å². The zero-order chi connectivity index (χ0) is 9.98. The highest BCUT2D eigenvalue weighted by Crippen LogP contribution is 1.93. The second-order valence-electron chi connectivity index (χ2n) is 2.79. The van der Waals surface area contributed by atoms with Crippen molar-refractivity contribution in [3.63, 3.8) is 0 Å². The third-order valence-corrected chi connectivity index (χ3v) is 1.21. The van der Waals surface area contributed by atoms with Gasteiger partial charge in [-0.05, 0) is 27.1 Å². The summed E-state index contributed by atoms with van der Waals surface area (Å²) in [6, 6.07) is 0. The molecule has 0 amide bonds. The van der Waals surface area contributed by atoms with Gasteiger partial charge < -0.3 is 15.1 Å². The van der Waals surface area contributed by atoms with Crippen LogP contribution in [0.1, 0.15) is 26.2 Å². The monoisotopic (exact) mass is 177 g/mol. The first kappa shape index (κ1) is 13.8. The molecular weight excluding hydrogens is 158 g/mol. The summed E-state index contributed by atoms with van der Waals surface area (Å²) >= 11 is 0. The van der Waals surface area contributed by atoms with E-state index in [1.165, 1.54) is 25.8 Å². The quantitative estimate of drug-likeness (QED) is 0.644. The summed E-state index contributed by atoms with van der Waals surface area (Å²) in [5.74, 6) is 0. The average Bonchev–Trinajstić information content (AvgIpc) is 1.86. The molecule has 0 spiro atoms. The van der Waals surface area contributed by atoms with Gasteiger partial charge in [0, 0.05) is 0 Å². The molecule has 0 unspecified atom stereocenters. The lowest BCUT2D eigenvalue weighted by atomic mass is 10.2. The predicted molar refractivity (Wildman–Crippen MR) is 48.7 cm³/mol. The van der Waals surface area contributed by atoms with Crippen molar-refractivity contribution in [2.45, 2.75) is 26.2 Å². The highest BCUT2D eigenvalue weighted by molar-refractivity contribution is 5.53.